The Labute approximate surface area is 109 Å². The SMILES string of the molecule is Nc1cc(N(Cc2cccs2)C2CC2)nc(N)n1. The first-order chi connectivity index (χ1) is 8.72. The Hall–Kier alpha value is -1.82. The summed E-state index contributed by atoms with van der Waals surface area (Å²) in [5.41, 5.74) is 11.4. The minimum atomic E-state index is 0.238. The highest BCUT2D eigenvalue weighted by Crippen LogP contribution is 2.33. The van der Waals surface area contributed by atoms with Crippen LogP contribution < -0.4 is 16.4 Å². The summed E-state index contributed by atoms with van der Waals surface area (Å²) in [7, 11) is 0. The minimum Gasteiger partial charge on any atom is -0.383 e. The van der Waals surface area contributed by atoms with Crippen molar-refractivity contribution in [2.24, 2.45) is 0 Å². The Morgan fingerprint density at radius 1 is 1.33 bits per heavy atom. The first-order valence-electron chi connectivity index (χ1n) is 5.91. The van der Waals surface area contributed by atoms with Crippen LogP contribution in [-0.4, -0.2) is 16.0 Å². The van der Waals surface area contributed by atoms with Gasteiger partial charge < -0.3 is 16.4 Å². The molecule has 2 aromatic heterocycles. The highest BCUT2D eigenvalue weighted by atomic mass is 32.1. The first kappa shape index (κ1) is 11.3. The Bertz CT molecular complexity index is 515. The fourth-order valence-corrected chi connectivity index (χ4v) is 2.68. The fourth-order valence-electron chi connectivity index (χ4n) is 1.97. The summed E-state index contributed by atoms with van der Waals surface area (Å²) in [4.78, 5) is 11.8. The molecule has 0 unspecified atom stereocenters. The second-order valence-corrected chi connectivity index (χ2v) is 5.48. The predicted molar refractivity (Wildman–Crippen MR) is 74.4 cm³/mol. The molecule has 2 heterocycles. The molecule has 0 radical (unpaired) electrons. The van der Waals surface area contributed by atoms with Crippen molar-refractivity contribution in [1.29, 1.82) is 0 Å². The van der Waals surface area contributed by atoms with E-state index in [0.717, 1.165) is 12.4 Å². The van der Waals surface area contributed by atoms with E-state index in [9.17, 15) is 0 Å². The van der Waals surface area contributed by atoms with Gasteiger partial charge in [-0.15, -0.1) is 11.3 Å². The first-order valence-corrected chi connectivity index (χ1v) is 6.79. The lowest BCUT2D eigenvalue weighted by atomic mass is 10.3. The zero-order valence-electron chi connectivity index (χ0n) is 9.91. The van der Waals surface area contributed by atoms with E-state index in [2.05, 4.69) is 32.4 Å². The lowest BCUT2D eigenvalue weighted by molar-refractivity contribution is 0.785. The van der Waals surface area contributed by atoms with Gasteiger partial charge in [-0.05, 0) is 24.3 Å². The van der Waals surface area contributed by atoms with Gasteiger partial charge in [-0.25, -0.2) is 0 Å². The summed E-state index contributed by atoms with van der Waals surface area (Å²) in [6, 6.07) is 6.55. The van der Waals surface area contributed by atoms with E-state index in [1.807, 2.05) is 0 Å². The summed E-state index contributed by atoms with van der Waals surface area (Å²) < 4.78 is 0. The van der Waals surface area contributed by atoms with Crippen molar-refractivity contribution in [1.82, 2.24) is 9.97 Å². The molecule has 1 aliphatic rings. The molecule has 0 saturated heterocycles. The highest BCUT2D eigenvalue weighted by Gasteiger charge is 2.30. The lowest BCUT2D eigenvalue weighted by Gasteiger charge is -2.23. The van der Waals surface area contributed by atoms with Crippen LogP contribution in [0.5, 0.6) is 0 Å². The van der Waals surface area contributed by atoms with Crippen LogP contribution in [0.25, 0.3) is 0 Å². The quantitative estimate of drug-likeness (QED) is 0.878. The van der Waals surface area contributed by atoms with Gasteiger partial charge in [-0.2, -0.15) is 9.97 Å². The van der Waals surface area contributed by atoms with Gasteiger partial charge in [0, 0.05) is 17.0 Å². The van der Waals surface area contributed by atoms with Crippen LogP contribution in [0.15, 0.2) is 23.6 Å². The fraction of sp³-hybridized carbons (Fsp3) is 0.333. The van der Waals surface area contributed by atoms with Crippen molar-refractivity contribution in [3.05, 3.63) is 28.5 Å². The molecule has 0 spiro atoms. The summed E-state index contributed by atoms with van der Waals surface area (Å²) in [5.74, 6) is 1.49. The average molecular weight is 261 g/mol. The van der Waals surface area contributed by atoms with Crippen molar-refractivity contribution in [2.45, 2.75) is 25.4 Å². The second-order valence-electron chi connectivity index (χ2n) is 4.45. The number of thiophene rings is 1. The van der Waals surface area contributed by atoms with E-state index in [1.54, 1.807) is 17.4 Å². The van der Waals surface area contributed by atoms with E-state index in [4.69, 9.17) is 11.5 Å². The van der Waals surface area contributed by atoms with Crippen molar-refractivity contribution in [3.8, 4) is 0 Å². The number of nitrogens with two attached hydrogens (primary N) is 2. The zero-order valence-corrected chi connectivity index (χ0v) is 10.7. The molecule has 1 fully saturated rings. The maximum Gasteiger partial charge on any atom is 0.223 e. The van der Waals surface area contributed by atoms with Gasteiger partial charge in [0.2, 0.25) is 5.95 Å². The van der Waals surface area contributed by atoms with Gasteiger partial charge >= 0.3 is 0 Å². The van der Waals surface area contributed by atoms with Gasteiger partial charge in [0.05, 0.1) is 6.54 Å². The number of hydrogen-bond donors (Lipinski definition) is 2. The smallest absolute Gasteiger partial charge is 0.223 e. The minimum absolute atomic E-state index is 0.238. The third kappa shape index (κ3) is 2.38. The van der Waals surface area contributed by atoms with Gasteiger partial charge in [0.15, 0.2) is 0 Å². The van der Waals surface area contributed by atoms with Crippen molar-refractivity contribution >= 4 is 28.9 Å². The molecule has 0 aromatic carbocycles. The summed E-state index contributed by atoms with van der Waals surface area (Å²) in [6.45, 7) is 0.859. The molecule has 0 bridgehead atoms. The van der Waals surface area contributed by atoms with Crippen LogP contribution in [-0.2, 0) is 6.54 Å². The second kappa shape index (κ2) is 4.45. The molecule has 94 valence electrons. The van der Waals surface area contributed by atoms with Crippen molar-refractivity contribution in [2.75, 3.05) is 16.4 Å². The normalized spacial score (nSPS) is 14.7. The number of aromatic nitrogens is 2. The van der Waals surface area contributed by atoms with Crippen LogP contribution in [0, 0.1) is 0 Å². The molecule has 6 heteroatoms. The maximum absolute atomic E-state index is 5.74. The molecular weight excluding hydrogens is 246 g/mol. The Morgan fingerprint density at radius 2 is 2.17 bits per heavy atom. The highest BCUT2D eigenvalue weighted by molar-refractivity contribution is 7.09. The van der Waals surface area contributed by atoms with E-state index in [1.165, 1.54) is 17.7 Å². The monoisotopic (exact) mass is 261 g/mol. The largest absolute Gasteiger partial charge is 0.383 e. The summed E-state index contributed by atoms with van der Waals surface area (Å²) in [5, 5.41) is 2.09. The molecule has 1 saturated carbocycles. The van der Waals surface area contributed by atoms with Gasteiger partial charge in [-0.3, -0.25) is 0 Å². The summed E-state index contributed by atoms with van der Waals surface area (Å²) in [6.07, 6.45) is 2.41. The third-order valence-corrected chi connectivity index (χ3v) is 3.80. The number of nitrogen functional groups attached to an aromatic ring is 2. The van der Waals surface area contributed by atoms with E-state index in [-0.39, 0.29) is 5.95 Å². The van der Waals surface area contributed by atoms with Gasteiger partial charge in [0.1, 0.15) is 11.6 Å². The molecular formula is C12H15N5S. The maximum atomic E-state index is 5.74. The van der Waals surface area contributed by atoms with Crippen molar-refractivity contribution in [3.63, 3.8) is 0 Å². The van der Waals surface area contributed by atoms with Crippen LogP contribution in [0.4, 0.5) is 17.6 Å². The number of nitrogens with zero attached hydrogens (tertiary/aromatic N) is 3. The van der Waals surface area contributed by atoms with Gasteiger partial charge in [-0.1, -0.05) is 6.07 Å². The van der Waals surface area contributed by atoms with Crippen LogP contribution in [0.3, 0.4) is 0 Å². The van der Waals surface area contributed by atoms with E-state index in [0.29, 0.717) is 11.9 Å². The molecule has 0 aliphatic heterocycles. The lowest BCUT2D eigenvalue weighted by Crippen LogP contribution is -2.26. The van der Waals surface area contributed by atoms with E-state index >= 15 is 0 Å². The number of rotatable bonds is 4. The molecule has 3 rings (SSSR count). The Balaban J connectivity index is 1.89. The van der Waals surface area contributed by atoms with Gasteiger partial charge in [0.25, 0.3) is 0 Å². The zero-order chi connectivity index (χ0) is 12.5. The molecule has 4 N–H and O–H groups in total. The van der Waals surface area contributed by atoms with E-state index < -0.39 is 0 Å². The Kier molecular flexibility index (Phi) is 2.79. The van der Waals surface area contributed by atoms with Crippen LogP contribution in [0.2, 0.25) is 0 Å². The summed E-state index contributed by atoms with van der Waals surface area (Å²) >= 11 is 1.75. The molecule has 0 atom stereocenters. The van der Waals surface area contributed by atoms with Crippen LogP contribution in [0.1, 0.15) is 17.7 Å². The van der Waals surface area contributed by atoms with Crippen LogP contribution >= 0.6 is 11.3 Å². The standard InChI is InChI=1S/C12H15N5S/c13-10-6-11(16-12(14)15-10)17(8-3-4-8)7-9-2-1-5-18-9/h1-2,5-6,8H,3-4,7H2,(H4,13,14,15,16). The number of hydrogen-bond acceptors (Lipinski definition) is 6. The molecule has 1 aliphatic carbocycles. The topological polar surface area (TPSA) is 81.1 Å². The molecule has 0 amide bonds. The Morgan fingerprint density at radius 3 is 2.78 bits per heavy atom. The third-order valence-electron chi connectivity index (χ3n) is 2.94. The number of anilines is 3. The molecule has 2 aromatic rings. The molecule has 5 nitrogen and oxygen atoms in total. The molecule has 18 heavy (non-hydrogen) atoms. The van der Waals surface area contributed by atoms with Crippen molar-refractivity contribution < 1.29 is 0 Å². The average Bonchev–Trinajstić information content (AvgIpc) is 3.02. The predicted octanol–water partition coefficient (Wildman–Crippen LogP) is 1.87.